The summed E-state index contributed by atoms with van der Waals surface area (Å²) < 4.78 is 41.0. The second-order valence-electron chi connectivity index (χ2n) is 8.00. The van der Waals surface area contributed by atoms with Crippen molar-refractivity contribution in [3.05, 3.63) is 52.4 Å². The average molecular weight is 496 g/mol. The topological polar surface area (TPSA) is 79.7 Å². The summed E-state index contributed by atoms with van der Waals surface area (Å²) in [6, 6.07) is 7.39. The van der Waals surface area contributed by atoms with Gasteiger partial charge in [0.1, 0.15) is 16.5 Å². The molecular weight excluding hydrogens is 471 g/mol. The highest BCUT2D eigenvalue weighted by atomic mass is 79.9. The van der Waals surface area contributed by atoms with E-state index >= 15 is 0 Å². The number of alkyl halides is 3. The van der Waals surface area contributed by atoms with Crippen LogP contribution in [0.5, 0.6) is 0 Å². The molecule has 1 unspecified atom stereocenters. The van der Waals surface area contributed by atoms with E-state index in [4.69, 9.17) is 5.73 Å². The maximum absolute atomic E-state index is 12.9. The average Bonchev–Trinajstić information content (AvgIpc) is 3.08. The second-order valence-corrected chi connectivity index (χ2v) is 8.86. The zero-order valence-corrected chi connectivity index (χ0v) is 19.0. The Balaban J connectivity index is 2.03. The summed E-state index contributed by atoms with van der Waals surface area (Å²) in [5, 5.41) is 13.8. The number of halogens is 4. The molecule has 1 aromatic carbocycles. The molecule has 1 heterocycles. The van der Waals surface area contributed by atoms with Gasteiger partial charge in [-0.05, 0) is 50.3 Å². The molecule has 0 saturated heterocycles. The fourth-order valence-corrected chi connectivity index (χ4v) is 3.98. The highest BCUT2D eigenvalue weighted by molar-refractivity contribution is 9.14. The van der Waals surface area contributed by atoms with Crippen LogP contribution >= 0.6 is 15.9 Å². The quantitative estimate of drug-likeness (QED) is 0.643. The maximum Gasteiger partial charge on any atom is 0.416 e. The van der Waals surface area contributed by atoms with Gasteiger partial charge in [-0.15, -0.1) is 0 Å². The predicted molar refractivity (Wildman–Crippen MR) is 117 cm³/mol. The van der Waals surface area contributed by atoms with E-state index in [0.29, 0.717) is 39.0 Å². The molecule has 5 nitrogen and oxygen atoms in total. The number of benzene rings is 1. The maximum atomic E-state index is 12.9. The van der Waals surface area contributed by atoms with E-state index in [2.05, 4.69) is 39.2 Å². The molecule has 0 aliphatic heterocycles. The monoisotopic (exact) mass is 495 g/mol. The van der Waals surface area contributed by atoms with E-state index in [1.807, 2.05) is 0 Å². The van der Waals surface area contributed by atoms with Crippen LogP contribution in [-0.4, -0.2) is 15.6 Å². The normalized spacial score (nSPS) is 18.5. The fourth-order valence-electron chi connectivity index (χ4n) is 3.59. The van der Waals surface area contributed by atoms with E-state index in [1.54, 1.807) is 17.8 Å². The number of rotatable bonds is 6. The van der Waals surface area contributed by atoms with Crippen molar-refractivity contribution >= 4 is 26.2 Å². The van der Waals surface area contributed by atoms with Crippen LogP contribution in [0.4, 0.5) is 13.2 Å². The van der Waals surface area contributed by atoms with Crippen molar-refractivity contribution in [3.8, 4) is 6.07 Å². The summed E-state index contributed by atoms with van der Waals surface area (Å²) in [5.74, 6) is 0.560. The largest absolute Gasteiger partial charge is 0.416 e. The van der Waals surface area contributed by atoms with E-state index in [1.165, 1.54) is 18.6 Å². The molecule has 2 atom stereocenters. The minimum atomic E-state index is -4.38. The zero-order chi connectivity index (χ0) is 22.8. The number of nitrogens with zero attached hydrogens (tertiary/aromatic N) is 3. The summed E-state index contributed by atoms with van der Waals surface area (Å²) in [6.45, 7) is 4.13. The standard InChI is InChI=1S/C22H25BrF3N5/c1-13(10-27)18(23)19-20(21(28)30-14(2)16-4-3-5-16)31(12-29-19)11-15-6-8-17(9-7-15)22(24,25)26/h6-9,12-14,16,30H,3-5,11,28H2,1-2H3/b19-18-,21-20-/t13?,14-/m1/s1. The van der Waals surface area contributed by atoms with Crippen LogP contribution in [0, 0.1) is 23.2 Å². The lowest BCUT2D eigenvalue weighted by Crippen LogP contribution is -2.46. The third-order valence-electron chi connectivity index (χ3n) is 5.77. The van der Waals surface area contributed by atoms with Gasteiger partial charge < -0.3 is 15.6 Å². The third-order valence-corrected chi connectivity index (χ3v) is 6.83. The lowest BCUT2D eigenvalue weighted by atomic mass is 9.80. The van der Waals surface area contributed by atoms with Crippen molar-refractivity contribution in [1.29, 1.82) is 5.26 Å². The molecule has 9 heteroatoms. The van der Waals surface area contributed by atoms with Gasteiger partial charge >= 0.3 is 6.18 Å². The van der Waals surface area contributed by atoms with Gasteiger partial charge in [-0.3, -0.25) is 0 Å². The van der Waals surface area contributed by atoms with E-state index in [9.17, 15) is 18.4 Å². The van der Waals surface area contributed by atoms with Crippen LogP contribution in [0.1, 0.15) is 44.2 Å². The van der Waals surface area contributed by atoms with Crippen LogP contribution < -0.4 is 21.7 Å². The Hall–Kier alpha value is -2.47. The molecular formula is C22H25BrF3N5. The molecule has 1 aromatic heterocycles. The molecule has 0 amide bonds. The summed E-state index contributed by atoms with van der Waals surface area (Å²) in [6.07, 6.45) is 0.739. The summed E-state index contributed by atoms with van der Waals surface area (Å²) in [7, 11) is 0. The number of imidazole rings is 1. The molecule has 31 heavy (non-hydrogen) atoms. The number of hydrogen-bond acceptors (Lipinski definition) is 4. The van der Waals surface area contributed by atoms with Gasteiger partial charge in [-0.25, -0.2) is 4.98 Å². The second kappa shape index (κ2) is 9.35. The first-order valence-electron chi connectivity index (χ1n) is 10.1. The molecule has 166 valence electrons. The van der Waals surface area contributed by atoms with Crippen molar-refractivity contribution in [3.63, 3.8) is 0 Å². The highest BCUT2D eigenvalue weighted by Crippen LogP contribution is 2.30. The first-order valence-corrected chi connectivity index (χ1v) is 10.9. The third kappa shape index (κ3) is 5.24. The van der Waals surface area contributed by atoms with Gasteiger partial charge in [0, 0.05) is 17.1 Å². The van der Waals surface area contributed by atoms with Crippen LogP contribution in [0.15, 0.2) is 30.6 Å². The minimum Gasteiger partial charge on any atom is -0.384 e. The Bertz CT molecular complexity index is 1080. The summed E-state index contributed by atoms with van der Waals surface area (Å²) in [5.41, 5.74) is 6.44. The lowest BCUT2D eigenvalue weighted by Gasteiger charge is -2.32. The van der Waals surface area contributed by atoms with Crippen molar-refractivity contribution in [2.24, 2.45) is 17.6 Å². The van der Waals surface area contributed by atoms with E-state index in [-0.39, 0.29) is 6.04 Å². The van der Waals surface area contributed by atoms with Crippen molar-refractivity contribution < 1.29 is 13.2 Å². The Morgan fingerprint density at radius 3 is 2.48 bits per heavy atom. The molecule has 1 aliphatic carbocycles. The zero-order valence-electron chi connectivity index (χ0n) is 17.4. The smallest absolute Gasteiger partial charge is 0.384 e. The Kier molecular flexibility index (Phi) is 6.99. The van der Waals surface area contributed by atoms with Crippen LogP contribution in [-0.2, 0) is 12.7 Å². The fraction of sp³-hybridized carbons (Fsp3) is 0.455. The molecule has 3 rings (SSSR count). The number of hydrogen-bond donors (Lipinski definition) is 2. The van der Waals surface area contributed by atoms with Gasteiger partial charge in [0.15, 0.2) is 0 Å². The number of nitrogens with two attached hydrogens (primary N) is 1. The molecule has 1 saturated carbocycles. The molecule has 1 fully saturated rings. The number of aromatic nitrogens is 2. The van der Waals surface area contributed by atoms with Gasteiger partial charge in [-0.1, -0.05) is 34.5 Å². The van der Waals surface area contributed by atoms with Gasteiger partial charge in [0.05, 0.1) is 23.9 Å². The van der Waals surface area contributed by atoms with E-state index < -0.39 is 17.7 Å². The lowest BCUT2D eigenvalue weighted by molar-refractivity contribution is -0.137. The van der Waals surface area contributed by atoms with Crippen LogP contribution in [0.3, 0.4) is 0 Å². The SMILES string of the molecule is CC(C#N)/C(Br)=c1/ncn(Cc2ccc(C(F)(F)F)cc2)/c1=C(/N)N[C@H](C)C1CCC1. The minimum absolute atomic E-state index is 0.184. The molecule has 1 aliphatic rings. The van der Waals surface area contributed by atoms with Crippen LogP contribution in [0.2, 0.25) is 0 Å². The molecule has 0 bridgehead atoms. The first-order chi connectivity index (χ1) is 14.6. The van der Waals surface area contributed by atoms with Crippen LogP contribution in [0.25, 0.3) is 10.3 Å². The molecule has 2 aromatic rings. The Morgan fingerprint density at radius 2 is 1.97 bits per heavy atom. The van der Waals surface area contributed by atoms with Crippen molar-refractivity contribution in [2.75, 3.05) is 0 Å². The predicted octanol–water partition coefficient (Wildman–Crippen LogP) is 3.42. The van der Waals surface area contributed by atoms with Gasteiger partial charge in [0.25, 0.3) is 0 Å². The summed E-state index contributed by atoms with van der Waals surface area (Å²) >= 11 is 3.48. The Morgan fingerprint density at radius 1 is 1.32 bits per heavy atom. The van der Waals surface area contributed by atoms with Crippen molar-refractivity contribution in [1.82, 2.24) is 14.9 Å². The van der Waals surface area contributed by atoms with Gasteiger partial charge in [0.2, 0.25) is 0 Å². The highest BCUT2D eigenvalue weighted by Gasteiger charge is 2.30. The number of nitrogens with one attached hydrogen (secondary N) is 1. The molecule has 0 radical (unpaired) electrons. The van der Waals surface area contributed by atoms with Crippen molar-refractivity contribution in [2.45, 2.75) is 51.9 Å². The van der Waals surface area contributed by atoms with E-state index in [0.717, 1.165) is 25.0 Å². The number of nitriles is 1. The van der Waals surface area contributed by atoms with Gasteiger partial charge in [-0.2, -0.15) is 18.4 Å². The molecule has 3 N–H and O–H groups in total. The first kappa shape index (κ1) is 23.2. The molecule has 0 spiro atoms. The summed E-state index contributed by atoms with van der Waals surface area (Å²) in [4.78, 5) is 4.45. The Labute approximate surface area is 187 Å².